The van der Waals surface area contributed by atoms with Gasteiger partial charge in [0, 0.05) is 0 Å². The van der Waals surface area contributed by atoms with Crippen LogP contribution < -0.4 is 5.48 Å². The molecule has 0 fully saturated rings. The Morgan fingerprint density at radius 3 is 1.86 bits per heavy atom. The molecule has 21 heavy (non-hydrogen) atoms. The van der Waals surface area contributed by atoms with Crippen LogP contribution in [0.4, 0.5) is 5.69 Å². The van der Waals surface area contributed by atoms with Crippen molar-refractivity contribution in [1.82, 2.24) is 0 Å². The van der Waals surface area contributed by atoms with Gasteiger partial charge in [-0.3, -0.25) is 5.48 Å². The molecule has 0 spiro atoms. The highest BCUT2D eigenvalue weighted by Gasteiger charge is 2.41. The van der Waals surface area contributed by atoms with E-state index in [1.165, 1.54) is 12.1 Å². The second-order valence-electron chi connectivity index (χ2n) is 3.15. The third kappa shape index (κ3) is 9.56. The van der Waals surface area contributed by atoms with Gasteiger partial charge >= 0.3 is 23.5 Å². The summed E-state index contributed by atoms with van der Waals surface area (Å²) in [6.45, 7) is 0. The van der Waals surface area contributed by atoms with Gasteiger partial charge in [-0.1, -0.05) is 18.2 Å². The normalized spacial score (nSPS) is 17.1. The first kappa shape index (κ1) is 21.0. The third-order valence-electron chi connectivity index (χ3n) is 1.47. The van der Waals surface area contributed by atoms with Gasteiger partial charge < -0.3 is 19.6 Å². The quantitative estimate of drug-likeness (QED) is 0.248. The van der Waals surface area contributed by atoms with E-state index in [1.807, 2.05) is 5.48 Å². The van der Waals surface area contributed by atoms with Crippen LogP contribution in [0.15, 0.2) is 30.3 Å². The molecular formula is C6H13AlNO10P3. The predicted molar refractivity (Wildman–Crippen MR) is 75.0 cm³/mol. The summed E-state index contributed by atoms with van der Waals surface area (Å²) in [7, 11) is -16.1. The molecule has 0 amide bonds. The molecule has 0 aromatic heterocycles. The second kappa shape index (κ2) is 8.00. The first-order valence-corrected chi connectivity index (χ1v) is 9.15. The van der Waals surface area contributed by atoms with Gasteiger partial charge in [-0.05, 0) is 12.1 Å². The van der Waals surface area contributed by atoms with Crippen molar-refractivity contribution in [3.8, 4) is 0 Å². The number of benzene rings is 1. The zero-order valence-electron chi connectivity index (χ0n) is 9.47. The van der Waals surface area contributed by atoms with Gasteiger partial charge in [-0.25, -0.2) is 13.7 Å². The maximum absolute atomic E-state index is 11.3. The average Bonchev–Trinajstić information content (AvgIpc) is 2.23. The lowest BCUT2D eigenvalue weighted by Gasteiger charge is -2.16. The largest absolute Gasteiger partial charge is 0.502 e. The Morgan fingerprint density at radius 1 is 0.857 bits per heavy atom. The summed E-state index contributed by atoms with van der Waals surface area (Å²) < 4.78 is 43.8. The van der Waals surface area contributed by atoms with Gasteiger partial charge in [0.1, 0.15) is 0 Å². The van der Waals surface area contributed by atoms with Crippen LogP contribution >= 0.6 is 23.5 Å². The number of nitrogens with one attached hydrogen (secondary N) is 1. The molecule has 0 heterocycles. The van der Waals surface area contributed by atoms with E-state index >= 15 is 0 Å². The molecular weight excluding hydrogens is 366 g/mol. The van der Waals surface area contributed by atoms with E-state index in [0.29, 0.717) is 0 Å². The van der Waals surface area contributed by atoms with Crippen LogP contribution in [0.3, 0.4) is 0 Å². The van der Waals surface area contributed by atoms with E-state index < -0.39 is 23.5 Å². The average molecular weight is 379 g/mol. The molecule has 5 N–H and O–H groups in total. The van der Waals surface area contributed by atoms with Crippen molar-refractivity contribution >= 4 is 46.5 Å². The minimum absolute atomic E-state index is 0. The van der Waals surface area contributed by atoms with Crippen LogP contribution in [0.2, 0.25) is 0 Å². The smallest absolute Gasteiger partial charge is 0.302 e. The number of phosphoric acid groups is 3. The molecule has 1 aromatic rings. The lowest BCUT2D eigenvalue weighted by Crippen LogP contribution is -2.02. The number of hydrogen-bond acceptors (Lipinski definition) is 7. The predicted octanol–water partition coefficient (Wildman–Crippen LogP) is 0.173. The SMILES string of the molecule is O=P(O)(O)OP(=O)(O)OP(=O)(O)ONc1ccccc1.[AlH3]. The van der Waals surface area contributed by atoms with E-state index in [9.17, 15) is 13.7 Å². The highest BCUT2D eigenvalue weighted by atomic mass is 31.3. The van der Waals surface area contributed by atoms with Crippen molar-refractivity contribution in [3.63, 3.8) is 0 Å². The lowest BCUT2D eigenvalue weighted by molar-refractivity contribution is 0.190. The fraction of sp³-hybridized carbons (Fsp3) is 0. The lowest BCUT2D eigenvalue weighted by atomic mass is 10.3. The van der Waals surface area contributed by atoms with E-state index in [1.54, 1.807) is 18.2 Å². The second-order valence-corrected chi connectivity index (χ2v) is 7.49. The molecule has 0 saturated carbocycles. The molecule has 0 saturated heterocycles. The van der Waals surface area contributed by atoms with Crippen LogP contribution in [0.25, 0.3) is 0 Å². The van der Waals surface area contributed by atoms with Crippen molar-refractivity contribution in [2.45, 2.75) is 0 Å². The maximum atomic E-state index is 11.3. The van der Waals surface area contributed by atoms with Crippen molar-refractivity contribution in [3.05, 3.63) is 30.3 Å². The summed E-state index contributed by atoms with van der Waals surface area (Å²) in [5.41, 5.74) is 2.17. The van der Waals surface area contributed by atoms with E-state index in [4.69, 9.17) is 19.6 Å². The van der Waals surface area contributed by atoms with Gasteiger partial charge in [-0.15, -0.1) is 0 Å². The molecule has 0 bridgehead atoms. The van der Waals surface area contributed by atoms with Crippen LogP contribution in [0.1, 0.15) is 0 Å². The molecule has 2 unspecified atom stereocenters. The van der Waals surface area contributed by atoms with Crippen molar-refractivity contribution in [2.24, 2.45) is 0 Å². The van der Waals surface area contributed by atoms with E-state index in [2.05, 4.69) is 13.2 Å². The topological polar surface area (TPSA) is 172 Å². The Kier molecular flexibility index (Phi) is 7.98. The molecule has 11 nitrogen and oxygen atoms in total. The summed E-state index contributed by atoms with van der Waals surface area (Å²) in [5, 5.41) is 0. The van der Waals surface area contributed by atoms with Gasteiger partial charge in [-0.2, -0.15) is 13.2 Å². The van der Waals surface area contributed by atoms with Gasteiger partial charge in [0.05, 0.1) is 5.69 Å². The number of hydrogen-bond donors (Lipinski definition) is 5. The number of anilines is 1. The van der Waals surface area contributed by atoms with Crippen molar-refractivity contribution in [1.29, 1.82) is 0 Å². The summed E-state index contributed by atoms with van der Waals surface area (Å²) in [5.74, 6) is 0. The van der Waals surface area contributed by atoms with Crippen LogP contribution in [-0.2, 0) is 26.9 Å². The summed E-state index contributed by atoms with van der Waals surface area (Å²) >= 11 is 0. The Hall–Kier alpha value is -0.0375. The molecule has 1 rings (SSSR count). The highest BCUT2D eigenvalue weighted by Crippen LogP contribution is 2.66. The zero-order chi connectivity index (χ0) is 15.4. The molecule has 0 radical (unpaired) electrons. The minimum Gasteiger partial charge on any atom is -0.302 e. The number of rotatable bonds is 7. The van der Waals surface area contributed by atoms with Crippen LogP contribution in [0, 0.1) is 0 Å². The van der Waals surface area contributed by atoms with E-state index in [0.717, 1.165) is 0 Å². The Bertz CT molecular complexity index is 590. The molecule has 120 valence electrons. The monoisotopic (exact) mass is 379 g/mol. The van der Waals surface area contributed by atoms with Gasteiger partial charge in [0.2, 0.25) is 0 Å². The molecule has 0 aliphatic carbocycles. The van der Waals surface area contributed by atoms with Gasteiger partial charge in [0.25, 0.3) is 0 Å². The maximum Gasteiger partial charge on any atom is 0.502 e. The zero-order valence-corrected chi connectivity index (χ0v) is 12.2. The van der Waals surface area contributed by atoms with Gasteiger partial charge in [0.15, 0.2) is 17.4 Å². The Labute approximate surface area is 129 Å². The minimum atomic E-state index is -5.50. The van der Waals surface area contributed by atoms with Crippen molar-refractivity contribution in [2.75, 3.05) is 5.48 Å². The molecule has 0 aliphatic rings. The number of para-hydroxylation sites is 1. The molecule has 15 heteroatoms. The summed E-state index contributed by atoms with van der Waals surface area (Å²) in [6.07, 6.45) is 0. The van der Waals surface area contributed by atoms with Crippen LogP contribution in [0.5, 0.6) is 0 Å². The standard InChI is InChI=1S/C6H10NO10P3.Al.3H/c8-18(9,10)16-20(13,14)17-19(11,12)15-7-6-4-2-1-3-5-6;;;;/h1-5,7H,(H,11,12)(H,13,14)(H2,8,9,10);;;;. The third-order valence-corrected chi connectivity index (χ3v) is 5.12. The molecule has 2 atom stereocenters. The Balaban J connectivity index is 0.00000400. The molecule has 0 aliphatic heterocycles. The van der Waals surface area contributed by atoms with Crippen molar-refractivity contribution < 1.29 is 46.5 Å². The first-order valence-electron chi connectivity index (χ1n) is 4.63. The summed E-state index contributed by atoms with van der Waals surface area (Å²) in [6, 6.07) is 7.64. The Morgan fingerprint density at radius 2 is 1.38 bits per heavy atom. The van der Waals surface area contributed by atoms with Crippen LogP contribution in [-0.4, -0.2) is 36.9 Å². The molecule has 1 aromatic carbocycles. The summed E-state index contributed by atoms with van der Waals surface area (Å²) in [4.78, 5) is 34.6. The fourth-order valence-corrected chi connectivity index (χ4v) is 3.77. The fourth-order valence-electron chi connectivity index (χ4n) is 0.913. The van der Waals surface area contributed by atoms with E-state index in [-0.39, 0.29) is 23.0 Å². The highest BCUT2D eigenvalue weighted by molar-refractivity contribution is 7.66. The first-order chi connectivity index (χ1) is 8.99.